The van der Waals surface area contributed by atoms with Crippen molar-refractivity contribution in [2.24, 2.45) is 0 Å². The fourth-order valence-electron chi connectivity index (χ4n) is 2.64. The lowest BCUT2D eigenvalue weighted by Crippen LogP contribution is -2.29. The van der Waals surface area contributed by atoms with Crippen LogP contribution in [-0.2, 0) is 32.9 Å². The molecule has 142 valence electrons. The first-order valence-corrected chi connectivity index (χ1v) is 8.69. The fourth-order valence-corrected chi connectivity index (χ4v) is 2.64. The number of aliphatic hydroxyl groups is 2. The number of esters is 1. The second-order valence-corrected chi connectivity index (χ2v) is 7.67. The lowest BCUT2D eigenvalue weighted by Gasteiger charge is -2.30. The fraction of sp³-hybridized carbons (Fsp3) is 0.650. The summed E-state index contributed by atoms with van der Waals surface area (Å²) in [6.07, 6.45) is 1.73. The molecule has 25 heavy (non-hydrogen) atoms. The van der Waals surface area contributed by atoms with E-state index in [1.54, 1.807) is 0 Å². The third kappa shape index (κ3) is 7.14. The van der Waals surface area contributed by atoms with Crippen LogP contribution in [0.5, 0.6) is 0 Å². The van der Waals surface area contributed by atoms with Crippen molar-refractivity contribution < 1.29 is 24.5 Å². The van der Waals surface area contributed by atoms with E-state index in [2.05, 4.69) is 18.6 Å². The smallest absolute Gasteiger partial charge is 0.305 e. The minimum absolute atomic E-state index is 0.0476. The number of benzene rings is 1. The van der Waals surface area contributed by atoms with Gasteiger partial charge in [0.1, 0.15) is 0 Å². The van der Waals surface area contributed by atoms with E-state index in [4.69, 9.17) is 4.74 Å². The number of carbonyl (C=O) groups is 1. The van der Waals surface area contributed by atoms with Gasteiger partial charge in [-0.3, -0.25) is 4.79 Å². The number of ether oxygens (including phenoxy) is 2. The highest BCUT2D eigenvalue weighted by molar-refractivity contribution is 5.69. The maximum Gasteiger partial charge on any atom is 0.305 e. The second-order valence-electron chi connectivity index (χ2n) is 7.67. The molecule has 1 aromatic rings. The lowest BCUT2D eigenvalue weighted by molar-refractivity contribution is -0.142. The quantitative estimate of drug-likeness (QED) is 0.633. The van der Waals surface area contributed by atoms with Crippen LogP contribution in [0.3, 0.4) is 0 Å². The van der Waals surface area contributed by atoms with Gasteiger partial charge in [-0.1, -0.05) is 32.0 Å². The Hall–Kier alpha value is -1.43. The average molecular weight is 352 g/mol. The zero-order valence-corrected chi connectivity index (χ0v) is 16.1. The van der Waals surface area contributed by atoms with Crippen molar-refractivity contribution in [3.63, 3.8) is 0 Å². The van der Waals surface area contributed by atoms with Crippen LogP contribution in [0.15, 0.2) is 18.2 Å². The third-order valence-electron chi connectivity index (χ3n) is 4.58. The summed E-state index contributed by atoms with van der Waals surface area (Å²) in [5.74, 6) is -0.227. The summed E-state index contributed by atoms with van der Waals surface area (Å²) >= 11 is 0. The van der Waals surface area contributed by atoms with Crippen LogP contribution < -0.4 is 0 Å². The van der Waals surface area contributed by atoms with Gasteiger partial charge in [0.2, 0.25) is 0 Å². The molecule has 0 aromatic heterocycles. The van der Waals surface area contributed by atoms with E-state index in [1.807, 2.05) is 32.0 Å². The predicted octanol–water partition coefficient (Wildman–Crippen LogP) is 3.09. The molecule has 5 heteroatoms. The van der Waals surface area contributed by atoms with Crippen LogP contribution in [-0.4, -0.2) is 35.5 Å². The van der Waals surface area contributed by atoms with Crippen molar-refractivity contribution >= 4 is 5.97 Å². The van der Waals surface area contributed by atoms with Crippen LogP contribution in [0.25, 0.3) is 0 Å². The van der Waals surface area contributed by atoms with E-state index in [-0.39, 0.29) is 24.6 Å². The molecule has 2 N–H and O–H groups in total. The minimum Gasteiger partial charge on any atom is -0.469 e. The summed E-state index contributed by atoms with van der Waals surface area (Å²) in [6.45, 7) is 8.64. The second kappa shape index (κ2) is 9.32. The summed E-state index contributed by atoms with van der Waals surface area (Å²) in [5, 5.41) is 18.8. The normalized spacial score (nSPS) is 12.3. The Labute approximate surface area is 151 Å². The van der Waals surface area contributed by atoms with Crippen LogP contribution in [0, 0.1) is 0 Å². The first-order chi connectivity index (χ1) is 11.6. The Morgan fingerprint density at radius 1 is 1.00 bits per heavy atom. The Kier molecular flexibility index (Phi) is 8.06. The molecule has 5 nitrogen and oxygen atoms in total. The highest BCUT2D eigenvalue weighted by atomic mass is 16.5. The van der Waals surface area contributed by atoms with Gasteiger partial charge in [0.25, 0.3) is 0 Å². The number of carbonyl (C=O) groups excluding carboxylic acids is 1. The van der Waals surface area contributed by atoms with Gasteiger partial charge in [0, 0.05) is 13.0 Å². The monoisotopic (exact) mass is 352 g/mol. The highest BCUT2D eigenvalue weighted by Gasteiger charge is 2.25. The van der Waals surface area contributed by atoms with Gasteiger partial charge in [-0.2, -0.15) is 0 Å². The Morgan fingerprint density at radius 3 is 2.04 bits per heavy atom. The summed E-state index contributed by atoms with van der Waals surface area (Å²) in [4.78, 5) is 11.3. The van der Waals surface area contributed by atoms with Crippen molar-refractivity contribution in [2.45, 2.75) is 71.2 Å². The first-order valence-electron chi connectivity index (χ1n) is 8.69. The highest BCUT2D eigenvalue weighted by Crippen LogP contribution is 2.30. The van der Waals surface area contributed by atoms with Gasteiger partial charge in [0.05, 0.1) is 25.9 Å². The van der Waals surface area contributed by atoms with Gasteiger partial charge < -0.3 is 19.7 Å². The predicted molar refractivity (Wildman–Crippen MR) is 97.2 cm³/mol. The van der Waals surface area contributed by atoms with Crippen molar-refractivity contribution in [3.8, 4) is 0 Å². The number of hydrogen-bond donors (Lipinski definition) is 2. The van der Waals surface area contributed by atoms with E-state index in [1.165, 1.54) is 7.11 Å². The maximum absolute atomic E-state index is 11.3. The van der Waals surface area contributed by atoms with Gasteiger partial charge in [-0.25, -0.2) is 0 Å². The molecule has 0 amide bonds. The number of aliphatic hydroxyl groups excluding tert-OH is 2. The summed E-state index contributed by atoms with van der Waals surface area (Å²) in [6, 6.07) is 5.76. The number of rotatable bonds is 10. The summed E-state index contributed by atoms with van der Waals surface area (Å²) < 4.78 is 10.7. The van der Waals surface area contributed by atoms with Crippen molar-refractivity contribution in [1.82, 2.24) is 0 Å². The zero-order chi connectivity index (χ0) is 19.1. The molecule has 0 fully saturated rings. The van der Waals surface area contributed by atoms with E-state index in [0.717, 1.165) is 23.1 Å². The van der Waals surface area contributed by atoms with Gasteiger partial charge in [-0.15, -0.1) is 0 Å². The molecule has 0 unspecified atom stereocenters. The van der Waals surface area contributed by atoms with Crippen molar-refractivity contribution in [2.75, 3.05) is 13.7 Å². The molecular weight excluding hydrogens is 320 g/mol. The standard InChI is InChI=1S/C20H32O5/c1-19(2,17-11-15(13-21)10-16(12-17)14-22)8-9-25-20(3,4)7-6-18(23)24-5/h10-12,21-22H,6-9,13-14H2,1-5H3. The lowest BCUT2D eigenvalue weighted by atomic mass is 9.80. The molecular formula is C20H32O5. The van der Waals surface area contributed by atoms with Crippen LogP contribution in [0.2, 0.25) is 0 Å². The molecule has 0 saturated heterocycles. The third-order valence-corrected chi connectivity index (χ3v) is 4.58. The van der Waals surface area contributed by atoms with E-state index in [9.17, 15) is 15.0 Å². The average Bonchev–Trinajstić information content (AvgIpc) is 2.58. The minimum atomic E-state index is -0.395. The van der Waals surface area contributed by atoms with Crippen LogP contribution >= 0.6 is 0 Å². The molecule has 0 aliphatic rings. The first kappa shape index (κ1) is 21.6. The number of methoxy groups -OCH3 is 1. The summed E-state index contributed by atoms with van der Waals surface area (Å²) in [5.41, 5.74) is 2.11. The van der Waals surface area contributed by atoms with Gasteiger partial charge >= 0.3 is 5.97 Å². The van der Waals surface area contributed by atoms with Crippen molar-refractivity contribution in [3.05, 3.63) is 34.9 Å². The van der Waals surface area contributed by atoms with E-state index in [0.29, 0.717) is 19.4 Å². The largest absolute Gasteiger partial charge is 0.469 e. The zero-order valence-electron chi connectivity index (χ0n) is 16.1. The molecule has 1 rings (SSSR count). The molecule has 0 spiro atoms. The number of hydrogen-bond acceptors (Lipinski definition) is 5. The van der Waals surface area contributed by atoms with Gasteiger partial charge in [-0.05, 0) is 48.8 Å². The summed E-state index contributed by atoms with van der Waals surface area (Å²) in [7, 11) is 1.39. The maximum atomic E-state index is 11.3. The molecule has 0 aliphatic heterocycles. The van der Waals surface area contributed by atoms with E-state index < -0.39 is 5.60 Å². The van der Waals surface area contributed by atoms with Crippen LogP contribution in [0.4, 0.5) is 0 Å². The molecule has 0 heterocycles. The molecule has 0 bridgehead atoms. The topological polar surface area (TPSA) is 76.0 Å². The Morgan fingerprint density at radius 2 is 1.56 bits per heavy atom. The van der Waals surface area contributed by atoms with Gasteiger partial charge in [0.15, 0.2) is 0 Å². The van der Waals surface area contributed by atoms with Crippen LogP contribution in [0.1, 0.15) is 63.6 Å². The van der Waals surface area contributed by atoms with Crippen molar-refractivity contribution in [1.29, 1.82) is 0 Å². The Bertz CT molecular complexity index is 541. The molecule has 0 aliphatic carbocycles. The molecule has 0 atom stereocenters. The molecule has 1 aromatic carbocycles. The SMILES string of the molecule is COC(=O)CCC(C)(C)OCCC(C)(C)c1cc(CO)cc(CO)c1. The Balaban J connectivity index is 2.67. The van der Waals surface area contributed by atoms with E-state index >= 15 is 0 Å². The molecule has 0 radical (unpaired) electrons. The molecule has 0 saturated carbocycles.